The first-order valence-electron chi connectivity index (χ1n) is 1.93. The summed E-state index contributed by atoms with van der Waals surface area (Å²) in [6, 6.07) is 0. The van der Waals surface area contributed by atoms with Crippen molar-refractivity contribution in [2.24, 2.45) is 15.2 Å². The molecule has 0 radical (unpaired) electrons. The molecule has 1 heterocycles. The minimum absolute atomic E-state index is 0.0619. The quantitative estimate of drug-likeness (QED) is 0.429. The van der Waals surface area contributed by atoms with Gasteiger partial charge in [-0.3, -0.25) is 0 Å². The Balaban J connectivity index is 2.69. The summed E-state index contributed by atoms with van der Waals surface area (Å²) in [5.74, 6) is 0. The average Bonchev–Trinajstić information content (AvgIpc) is 1.87. The Morgan fingerprint density at radius 2 is 2.43 bits per heavy atom. The fourth-order valence-corrected chi connectivity index (χ4v) is 0.865. The van der Waals surface area contributed by atoms with Crippen LogP contribution in [0, 0.1) is 0 Å². The number of azo groups is 1. The summed E-state index contributed by atoms with van der Waals surface area (Å²) in [5.41, 5.74) is 0. The zero-order valence-electron chi connectivity index (χ0n) is 3.80. The van der Waals surface area contributed by atoms with Gasteiger partial charge in [0.1, 0.15) is 0 Å². The van der Waals surface area contributed by atoms with Crippen LogP contribution in [0.5, 0.6) is 0 Å². The van der Waals surface area contributed by atoms with E-state index in [-0.39, 0.29) is 6.17 Å². The molecule has 0 spiro atoms. The number of nitrogens with zero attached hydrogens (tertiary/aromatic N) is 3. The number of aliphatic imine (C=N–C) groups is 1. The van der Waals surface area contributed by atoms with Crippen molar-refractivity contribution < 1.29 is 0 Å². The van der Waals surface area contributed by atoms with E-state index in [1.165, 1.54) is 0 Å². The first kappa shape index (κ1) is 5.14. The van der Waals surface area contributed by atoms with Crippen molar-refractivity contribution in [3.05, 3.63) is 0 Å². The van der Waals surface area contributed by atoms with Crippen LogP contribution in [-0.4, -0.2) is 10.0 Å². The molecule has 0 saturated carbocycles. The van der Waals surface area contributed by atoms with Crippen LogP contribution in [0.25, 0.3) is 0 Å². The van der Waals surface area contributed by atoms with E-state index in [4.69, 9.17) is 0 Å². The van der Waals surface area contributed by atoms with Gasteiger partial charge in [-0.1, -0.05) is 0 Å². The molecule has 1 aliphatic heterocycles. The molecule has 0 aromatic rings. The molecule has 0 aromatic carbocycles. The van der Waals surface area contributed by atoms with Crippen LogP contribution in [0.3, 0.4) is 0 Å². The Labute approximate surface area is 55.1 Å². The van der Waals surface area contributed by atoms with E-state index in [1.807, 2.05) is 29.5 Å². The van der Waals surface area contributed by atoms with Crippen LogP contribution < -0.4 is 0 Å². The molecular weight excluding hydrogens is 205 g/mol. The molecule has 1 atom stereocenters. The molecular formula is C3H4IN3. The summed E-state index contributed by atoms with van der Waals surface area (Å²) >= 11 is 2.04. The maximum absolute atomic E-state index is 3.96. The van der Waals surface area contributed by atoms with Gasteiger partial charge >= 0.3 is 0 Å². The SMILES string of the molecule is CC1N=NC(I)=N1. The van der Waals surface area contributed by atoms with E-state index in [0.717, 1.165) is 3.84 Å². The number of rotatable bonds is 0. The number of halogens is 1. The molecule has 0 saturated heterocycles. The molecule has 0 fully saturated rings. The summed E-state index contributed by atoms with van der Waals surface area (Å²) in [6.07, 6.45) is 0.0619. The Morgan fingerprint density at radius 1 is 1.71 bits per heavy atom. The molecule has 1 rings (SSSR count). The van der Waals surface area contributed by atoms with Gasteiger partial charge in [-0.15, -0.1) is 5.11 Å². The van der Waals surface area contributed by atoms with Crippen LogP contribution in [0.1, 0.15) is 6.92 Å². The Kier molecular flexibility index (Phi) is 1.36. The molecule has 0 bridgehead atoms. The monoisotopic (exact) mass is 209 g/mol. The van der Waals surface area contributed by atoms with E-state index >= 15 is 0 Å². The summed E-state index contributed by atoms with van der Waals surface area (Å²) in [4.78, 5) is 3.96. The zero-order valence-corrected chi connectivity index (χ0v) is 5.95. The molecule has 0 aliphatic carbocycles. The minimum atomic E-state index is 0.0619. The van der Waals surface area contributed by atoms with Crippen molar-refractivity contribution in [2.45, 2.75) is 13.1 Å². The topological polar surface area (TPSA) is 37.1 Å². The molecule has 1 aliphatic rings. The normalized spacial score (nSPS) is 28.3. The van der Waals surface area contributed by atoms with Gasteiger partial charge in [0.2, 0.25) is 3.84 Å². The highest BCUT2D eigenvalue weighted by molar-refractivity contribution is 14.1. The maximum Gasteiger partial charge on any atom is 0.209 e. The lowest BCUT2D eigenvalue weighted by Gasteiger charge is -1.81. The van der Waals surface area contributed by atoms with Crippen molar-refractivity contribution in [3.8, 4) is 0 Å². The summed E-state index contributed by atoms with van der Waals surface area (Å²) < 4.78 is 0.755. The smallest absolute Gasteiger partial charge is 0.209 e. The number of hydrogen-bond donors (Lipinski definition) is 0. The van der Waals surface area contributed by atoms with Crippen LogP contribution in [0.4, 0.5) is 0 Å². The molecule has 3 nitrogen and oxygen atoms in total. The van der Waals surface area contributed by atoms with E-state index in [0.29, 0.717) is 0 Å². The highest BCUT2D eigenvalue weighted by Crippen LogP contribution is 2.07. The molecule has 0 N–H and O–H groups in total. The second kappa shape index (κ2) is 1.85. The molecule has 0 aromatic heterocycles. The van der Waals surface area contributed by atoms with Crippen molar-refractivity contribution in [3.63, 3.8) is 0 Å². The lowest BCUT2D eigenvalue weighted by molar-refractivity contribution is 0.788. The molecule has 7 heavy (non-hydrogen) atoms. The second-order valence-electron chi connectivity index (χ2n) is 1.25. The molecule has 0 amide bonds. The fraction of sp³-hybridized carbons (Fsp3) is 0.667. The van der Waals surface area contributed by atoms with E-state index in [9.17, 15) is 0 Å². The first-order valence-corrected chi connectivity index (χ1v) is 3.01. The summed E-state index contributed by atoms with van der Waals surface area (Å²) in [5, 5.41) is 7.41. The van der Waals surface area contributed by atoms with Gasteiger partial charge in [0.25, 0.3) is 0 Å². The lowest BCUT2D eigenvalue weighted by atomic mass is 10.6. The summed E-state index contributed by atoms with van der Waals surface area (Å²) in [6.45, 7) is 1.90. The number of amidine groups is 1. The van der Waals surface area contributed by atoms with E-state index in [1.54, 1.807) is 0 Å². The van der Waals surface area contributed by atoms with Gasteiger partial charge < -0.3 is 0 Å². The van der Waals surface area contributed by atoms with Crippen LogP contribution in [0.2, 0.25) is 0 Å². The van der Waals surface area contributed by atoms with Crippen LogP contribution in [0.15, 0.2) is 15.2 Å². The zero-order chi connectivity index (χ0) is 5.28. The Morgan fingerprint density at radius 3 is 2.57 bits per heavy atom. The maximum atomic E-state index is 3.96. The third kappa shape index (κ3) is 1.19. The van der Waals surface area contributed by atoms with Gasteiger partial charge in [-0.25, -0.2) is 4.99 Å². The fourth-order valence-electron chi connectivity index (χ4n) is 0.337. The number of hydrogen-bond acceptors (Lipinski definition) is 3. The minimum Gasteiger partial charge on any atom is -0.231 e. The van der Waals surface area contributed by atoms with Gasteiger partial charge in [0.15, 0.2) is 6.17 Å². The van der Waals surface area contributed by atoms with Crippen molar-refractivity contribution in [1.29, 1.82) is 0 Å². The van der Waals surface area contributed by atoms with Gasteiger partial charge in [-0.2, -0.15) is 5.11 Å². The largest absolute Gasteiger partial charge is 0.231 e. The first-order chi connectivity index (χ1) is 3.29. The third-order valence-electron chi connectivity index (χ3n) is 0.601. The van der Waals surface area contributed by atoms with Crippen LogP contribution in [-0.2, 0) is 0 Å². The van der Waals surface area contributed by atoms with Gasteiger partial charge in [0.05, 0.1) is 0 Å². The predicted molar refractivity (Wildman–Crippen MR) is 35.8 cm³/mol. The summed E-state index contributed by atoms with van der Waals surface area (Å²) in [7, 11) is 0. The van der Waals surface area contributed by atoms with E-state index < -0.39 is 0 Å². The highest BCUT2D eigenvalue weighted by Gasteiger charge is 2.02. The Bertz CT molecular complexity index is 128. The molecule has 38 valence electrons. The lowest BCUT2D eigenvalue weighted by Crippen LogP contribution is -1.83. The van der Waals surface area contributed by atoms with Crippen molar-refractivity contribution in [2.75, 3.05) is 0 Å². The molecule has 4 heteroatoms. The van der Waals surface area contributed by atoms with Gasteiger partial charge in [0, 0.05) is 22.6 Å². The van der Waals surface area contributed by atoms with Crippen molar-refractivity contribution in [1.82, 2.24) is 0 Å². The van der Waals surface area contributed by atoms with Crippen LogP contribution >= 0.6 is 22.6 Å². The highest BCUT2D eigenvalue weighted by atomic mass is 127. The van der Waals surface area contributed by atoms with Crippen molar-refractivity contribution >= 4 is 26.4 Å². The standard InChI is InChI=1S/C3H4IN3/c1-2-5-3(4)7-6-2/h2H,1H3. The molecule has 1 unspecified atom stereocenters. The Hall–Kier alpha value is -0.0000000000000000555. The third-order valence-corrected chi connectivity index (χ3v) is 1.10. The average molecular weight is 209 g/mol. The predicted octanol–water partition coefficient (Wildman–Crippen LogP) is 1.59. The van der Waals surface area contributed by atoms with E-state index in [2.05, 4.69) is 15.2 Å². The van der Waals surface area contributed by atoms with Gasteiger partial charge in [-0.05, 0) is 6.92 Å². The second-order valence-corrected chi connectivity index (χ2v) is 2.21.